The van der Waals surface area contributed by atoms with Crippen LogP contribution in [0.4, 0.5) is 0 Å². The van der Waals surface area contributed by atoms with Crippen LogP contribution in [-0.4, -0.2) is 18.2 Å². The van der Waals surface area contributed by atoms with E-state index in [1.165, 1.54) is 6.92 Å². The van der Waals surface area contributed by atoms with Crippen molar-refractivity contribution in [3.63, 3.8) is 0 Å². The zero-order valence-electron chi connectivity index (χ0n) is 9.82. The molecule has 0 amide bonds. The second-order valence-corrected chi connectivity index (χ2v) is 3.99. The number of hydrogen-bond acceptors (Lipinski definition) is 3. The third-order valence-corrected chi connectivity index (χ3v) is 2.29. The molecule has 0 radical (unpaired) electrons. The van der Waals surface area contributed by atoms with Gasteiger partial charge in [-0.2, -0.15) is 0 Å². The predicted octanol–water partition coefficient (Wildman–Crippen LogP) is 2.49. The quantitative estimate of drug-likeness (QED) is 0.716. The van der Waals surface area contributed by atoms with E-state index in [2.05, 4.69) is 0 Å². The van der Waals surface area contributed by atoms with Crippen molar-refractivity contribution in [3.05, 3.63) is 29.8 Å². The summed E-state index contributed by atoms with van der Waals surface area (Å²) in [6.07, 6.45) is 0. The second-order valence-electron chi connectivity index (χ2n) is 3.99. The van der Waals surface area contributed by atoms with Gasteiger partial charge in [0, 0.05) is 11.5 Å². The zero-order chi connectivity index (χ0) is 12.1. The molecule has 0 saturated heterocycles. The fourth-order valence-electron chi connectivity index (χ4n) is 1.11. The van der Waals surface area contributed by atoms with Crippen LogP contribution in [0.5, 0.6) is 5.75 Å². The van der Waals surface area contributed by atoms with E-state index in [1.54, 1.807) is 24.3 Å². The van der Waals surface area contributed by atoms with Gasteiger partial charge in [0.1, 0.15) is 12.4 Å². The molecule has 0 unspecified atom stereocenters. The Balaban J connectivity index is 2.56. The highest BCUT2D eigenvalue weighted by Gasteiger charge is 2.07. The van der Waals surface area contributed by atoms with Gasteiger partial charge in [-0.05, 0) is 31.2 Å². The third-order valence-electron chi connectivity index (χ3n) is 2.29. The van der Waals surface area contributed by atoms with Crippen molar-refractivity contribution >= 4 is 11.6 Å². The number of carbonyl (C=O) groups excluding carboxylic acids is 2. The maximum atomic E-state index is 11.3. The van der Waals surface area contributed by atoms with Crippen molar-refractivity contribution in [2.24, 2.45) is 5.92 Å². The number of rotatable bonds is 5. The van der Waals surface area contributed by atoms with Gasteiger partial charge in [-0.15, -0.1) is 0 Å². The van der Waals surface area contributed by atoms with E-state index in [0.29, 0.717) is 11.3 Å². The SMILES string of the molecule is CC(=O)c1ccc(OCC(=O)C(C)C)cc1. The molecule has 1 aromatic rings. The van der Waals surface area contributed by atoms with Crippen LogP contribution in [0.25, 0.3) is 0 Å². The molecule has 0 aliphatic carbocycles. The van der Waals surface area contributed by atoms with E-state index in [0.717, 1.165) is 0 Å². The first-order valence-electron chi connectivity index (χ1n) is 5.27. The third kappa shape index (κ3) is 3.50. The van der Waals surface area contributed by atoms with E-state index in [4.69, 9.17) is 4.74 Å². The lowest BCUT2D eigenvalue weighted by atomic mass is 10.1. The van der Waals surface area contributed by atoms with Crippen molar-refractivity contribution in [1.82, 2.24) is 0 Å². The summed E-state index contributed by atoms with van der Waals surface area (Å²) >= 11 is 0. The van der Waals surface area contributed by atoms with Crippen LogP contribution in [0.2, 0.25) is 0 Å². The average molecular weight is 220 g/mol. The maximum Gasteiger partial charge on any atom is 0.172 e. The van der Waals surface area contributed by atoms with E-state index >= 15 is 0 Å². The summed E-state index contributed by atoms with van der Waals surface area (Å²) in [4.78, 5) is 22.3. The van der Waals surface area contributed by atoms with E-state index in [9.17, 15) is 9.59 Å². The predicted molar refractivity (Wildman–Crippen MR) is 61.8 cm³/mol. The molecule has 16 heavy (non-hydrogen) atoms. The molecule has 0 bridgehead atoms. The Hall–Kier alpha value is -1.64. The number of Topliss-reactive ketones (excluding diaryl/α,β-unsaturated/α-hetero) is 2. The monoisotopic (exact) mass is 220 g/mol. The molecule has 0 fully saturated rings. The van der Waals surface area contributed by atoms with Gasteiger partial charge in [-0.1, -0.05) is 13.8 Å². The van der Waals surface area contributed by atoms with Gasteiger partial charge in [-0.3, -0.25) is 9.59 Å². The highest BCUT2D eigenvalue weighted by atomic mass is 16.5. The largest absolute Gasteiger partial charge is 0.486 e. The molecular weight excluding hydrogens is 204 g/mol. The summed E-state index contributed by atoms with van der Waals surface area (Å²) in [5.74, 6) is 0.677. The topological polar surface area (TPSA) is 43.4 Å². The van der Waals surface area contributed by atoms with Crippen molar-refractivity contribution in [2.75, 3.05) is 6.61 Å². The minimum atomic E-state index is -0.0171. The zero-order valence-corrected chi connectivity index (χ0v) is 9.82. The smallest absolute Gasteiger partial charge is 0.172 e. The Morgan fingerprint density at radius 1 is 1.19 bits per heavy atom. The van der Waals surface area contributed by atoms with Gasteiger partial charge in [0.25, 0.3) is 0 Å². The molecule has 0 spiro atoms. The fraction of sp³-hybridized carbons (Fsp3) is 0.385. The molecule has 0 aliphatic rings. The standard InChI is InChI=1S/C13H16O3/c1-9(2)13(15)8-16-12-6-4-11(5-7-12)10(3)14/h4-7,9H,8H2,1-3H3. The van der Waals surface area contributed by atoms with Gasteiger partial charge in [0.05, 0.1) is 0 Å². The molecule has 0 aliphatic heterocycles. The molecule has 0 saturated carbocycles. The Morgan fingerprint density at radius 3 is 2.19 bits per heavy atom. The fourth-order valence-corrected chi connectivity index (χ4v) is 1.11. The first-order valence-corrected chi connectivity index (χ1v) is 5.27. The molecule has 1 aromatic carbocycles. The Morgan fingerprint density at radius 2 is 1.75 bits per heavy atom. The molecule has 0 aromatic heterocycles. The number of ether oxygens (including phenoxy) is 1. The van der Waals surface area contributed by atoms with Gasteiger partial charge < -0.3 is 4.74 Å². The first-order chi connectivity index (χ1) is 7.50. The highest BCUT2D eigenvalue weighted by molar-refractivity contribution is 5.94. The van der Waals surface area contributed by atoms with Crippen LogP contribution in [-0.2, 0) is 4.79 Å². The van der Waals surface area contributed by atoms with Gasteiger partial charge in [0.15, 0.2) is 11.6 Å². The molecule has 0 N–H and O–H groups in total. The summed E-state index contributed by atoms with van der Waals surface area (Å²) in [6.45, 7) is 5.27. The van der Waals surface area contributed by atoms with Crippen molar-refractivity contribution in [3.8, 4) is 5.75 Å². The van der Waals surface area contributed by atoms with E-state index in [-0.39, 0.29) is 24.1 Å². The number of hydrogen-bond donors (Lipinski definition) is 0. The van der Waals surface area contributed by atoms with Gasteiger partial charge >= 0.3 is 0 Å². The van der Waals surface area contributed by atoms with E-state index in [1.807, 2.05) is 13.8 Å². The minimum Gasteiger partial charge on any atom is -0.486 e. The Bertz CT molecular complexity index is 377. The molecule has 3 heteroatoms. The average Bonchev–Trinajstić information content (AvgIpc) is 2.26. The van der Waals surface area contributed by atoms with Crippen LogP contribution in [0, 0.1) is 5.92 Å². The summed E-state index contributed by atoms with van der Waals surface area (Å²) in [5.41, 5.74) is 0.641. The first kappa shape index (κ1) is 12.4. The molecule has 86 valence electrons. The number of ketones is 2. The van der Waals surface area contributed by atoms with Crippen molar-refractivity contribution in [2.45, 2.75) is 20.8 Å². The molecule has 0 heterocycles. The van der Waals surface area contributed by atoms with Gasteiger partial charge in [0.2, 0.25) is 0 Å². The Kier molecular flexibility index (Phi) is 4.23. The summed E-state index contributed by atoms with van der Waals surface area (Å²) < 4.78 is 5.30. The molecule has 3 nitrogen and oxygen atoms in total. The van der Waals surface area contributed by atoms with Gasteiger partial charge in [-0.25, -0.2) is 0 Å². The highest BCUT2D eigenvalue weighted by Crippen LogP contribution is 2.12. The molecular formula is C13H16O3. The lowest BCUT2D eigenvalue weighted by Crippen LogP contribution is -2.16. The van der Waals surface area contributed by atoms with E-state index < -0.39 is 0 Å². The Labute approximate surface area is 95.4 Å². The lowest BCUT2D eigenvalue weighted by Gasteiger charge is -2.07. The molecule has 0 atom stereocenters. The second kappa shape index (κ2) is 5.45. The normalized spacial score (nSPS) is 10.2. The summed E-state index contributed by atoms with van der Waals surface area (Å²) in [7, 11) is 0. The summed E-state index contributed by atoms with van der Waals surface area (Å²) in [5, 5.41) is 0. The van der Waals surface area contributed by atoms with Crippen molar-refractivity contribution in [1.29, 1.82) is 0 Å². The van der Waals surface area contributed by atoms with Crippen molar-refractivity contribution < 1.29 is 14.3 Å². The van der Waals surface area contributed by atoms with Crippen LogP contribution in [0.1, 0.15) is 31.1 Å². The number of benzene rings is 1. The summed E-state index contributed by atoms with van der Waals surface area (Å²) in [6, 6.07) is 6.78. The maximum absolute atomic E-state index is 11.3. The van der Waals surface area contributed by atoms with Crippen LogP contribution >= 0.6 is 0 Å². The lowest BCUT2D eigenvalue weighted by molar-refractivity contribution is -0.123. The van der Waals surface area contributed by atoms with Crippen LogP contribution in [0.15, 0.2) is 24.3 Å². The van der Waals surface area contributed by atoms with Crippen LogP contribution in [0.3, 0.4) is 0 Å². The van der Waals surface area contributed by atoms with Crippen LogP contribution < -0.4 is 4.74 Å². The number of carbonyl (C=O) groups is 2. The minimum absolute atomic E-state index is 0.0171. The molecule has 1 rings (SSSR count).